The minimum atomic E-state index is -0.240. The summed E-state index contributed by atoms with van der Waals surface area (Å²) in [7, 11) is 2.03. The van der Waals surface area contributed by atoms with Crippen LogP contribution in [0.2, 0.25) is 0 Å². The third-order valence-electron chi connectivity index (χ3n) is 3.42. The van der Waals surface area contributed by atoms with Crippen LogP contribution < -0.4 is 10.2 Å². The maximum absolute atomic E-state index is 11.9. The average Bonchev–Trinajstić information content (AvgIpc) is 2.49. The van der Waals surface area contributed by atoms with E-state index in [1.165, 1.54) is 0 Å². The lowest BCUT2D eigenvalue weighted by molar-refractivity contribution is -0.135. The Balaban J connectivity index is 1.69. The molecule has 0 aromatic heterocycles. The van der Waals surface area contributed by atoms with E-state index in [1.54, 1.807) is 0 Å². The molecular formula is C15H22N2O2. The van der Waals surface area contributed by atoms with Gasteiger partial charge in [0.2, 0.25) is 5.91 Å². The molecule has 0 spiro atoms. The number of rotatable bonds is 5. The fraction of sp³-hybridized carbons (Fsp3) is 0.533. The molecule has 1 aliphatic heterocycles. The Bertz CT molecular complexity index is 388. The van der Waals surface area contributed by atoms with Crippen molar-refractivity contribution in [3.8, 4) is 0 Å². The molecular weight excluding hydrogens is 240 g/mol. The lowest BCUT2D eigenvalue weighted by atomic mass is 10.1. The van der Waals surface area contributed by atoms with Crippen molar-refractivity contribution in [1.82, 2.24) is 5.32 Å². The number of nitrogens with zero attached hydrogens (tertiary/aromatic N) is 1. The van der Waals surface area contributed by atoms with E-state index in [4.69, 9.17) is 4.74 Å². The highest BCUT2D eigenvalue weighted by Crippen LogP contribution is 2.13. The van der Waals surface area contributed by atoms with E-state index in [2.05, 4.69) is 22.3 Å². The molecule has 1 atom stereocenters. The summed E-state index contributed by atoms with van der Waals surface area (Å²) < 4.78 is 5.46. The van der Waals surface area contributed by atoms with Gasteiger partial charge in [0.05, 0.1) is 0 Å². The Morgan fingerprint density at radius 2 is 2.16 bits per heavy atom. The van der Waals surface area contributed by atoms with Gasteiger partial charge in [-0.25, -0.2) is 0 Å². The maximum atomic E-state index is 11.9. The van der Waals surface area contributed by atoms with E-state index >= 15 is 0 Å². The summed E-state index contributed by atoms with van der Waals surface area (Å²) >= 11 is 0. The number of anilines is 1. The zero-order valence-electron chi connectivity index (χ0n) is 11.5. The van der Waals surface area contributed by atoms with Crippen molar-refractivity contribution in [2.45, 2.75) is 25.4 Å². The summed E-state index contributed by atoms with van der Waals surface area (Å²) in [5.41, 5.74) is 1.16. The van der Waals surface area contributed by atoms with Gasteiger partial charge in [0.1, 0.15) is 6.10 Å². The standard InChI is InChI=1S/C15H22N2O2/c1-17(13-7-3-2-4-8-13)11-10-16-15(18)14-9-5-6-12-19-14/h2-4,7-8,14H,5-6,9-12H2,1H3,(H,16,18). The van der Waals surface area contributed by atoms with E-state index in [0.717, 1.165) is 31.5 Å². The van der Waals surface area contributed by atoms with Crippen molar-refractivity contribution >= 4 is 11.6 Å². The van der Waals surface area contributed by atoms with Crippen molar-refractivity contribution in [3.05, 3.63) is 30.3 Å². The van der Waals surface area contributed by atoms with Gasteiger partial charge in [-0.1, -0.05) is 18.2 Å². The van der Waals surface area contributed by atoms with Gasteiger partial charge in [-0.15, -0.1) is 0 Å². The van der Waals surface area contributed by atoms with Gasteiger partial charge >= 0.3 is 0 Å². The van der Waals surface area contributed by atoms with Crippen LogP contribution in [0.15, 0.2) is 30.3 Å². The molecule has 1 heterocycles. The number of amides is 1. The van der Waals surface area contributed by atoms with E-state index in [1.807, 2.05) is 25.2 Å². The van der Waals surface area contributed by atoms with Crippen LogP contribution in [0.5, 0.6) is 0 Å². The highest BCUT2D eigenvalue weighted by Gasteiger charge is 2.21. The quantitative estimate of drug-likeness (QED) is 0.880. The minimum Gasteiger partial charge on any atom is -0.373 e. The lowest BCUT2D eigenvalue weighted by Gasteiger charge is -2.23. The molecule has 0 bridgehead atoms. The summed E-state index contributed by atoms with van der Waals surface area (Å²) in [5.74, 6) is 0.0289. The number of ether oxygens (including phenoxy) is 1. The molecule has 1 aromatic rings. The molecule has 2 rings (SSSR count). The van der Waals surface area contributed by atoms with E-state index in [0.29, 0.717) is 13.2 Å². The van der Waals surface area contributed by atoms with Crippen LogP contribution in [0.1, 0.15) is 19.3 Å². The number of para-hydroxylation sites is 1. The molecule has 0 aliphatic carbocycles. The van der Waals surface area contributed by atoms with Crippen molar-refractivity contribution in [1.29, 1.82) is 0 Å². The number of carbonyl (C=O) groups is 1. The smallest absolute Gasteiger partial charge is 0.249 e. The Kier molecular flexibility index (Phi) is 5.21. The topological polar surface area (TPSA) is 41.6 Å². The summed E-state index contributed by atoms with van der Waals surface area (Å²) in [6.45, 7) is 2.15. The monoisotopic (exact) mass is 262 g/mol. The second kappa shape index (κ2) is 7.14. The first kappa shape index (κ1) is 13.9. The fourth-order valence-electron chi connectivity index (χ4n) is 2.22. The molecule has 1 fully saturated rings. The van der Waals surface area contributed by atoms with Gasteiger partial charge in [-0.3, -0.25) is 4.79 Å². The summed E-state index contributed by atoms with van der Waals surface area (Å²) in [4.78, 5) is 14.0. The molecule has 1 amide bonds. The number of carbonyl (C=O) groups excluding carboxylic acids is 1. The van der Waals surface area contributed by atoms with Gasteiger partial charge in [-0.2, -0.15) is 0 Å². The summed E-state index contributed by atoms with van der Waals surface area (Å²) in [6, 6.07) is 10.2. The van der Waals surface area contributed by atoms with Crippen molar-refractivity contribution in [2.75, 3.05) is 31.6 Å². The lowest BCUT2D eigenvalue weighted by Crippen LogP contribution is -2.41. The van der Waals surface area contributed by atoms with Crippen LogP contribution in [0.4, 0.5) is 5.69 Å². The van der Waals surface area contributed by atoms with Crippen LogP contribution >= 0.6 is 0 Å². The zero-order valence-corrected chi connectivity index (χ0v) is 11.5. The molecule has 19 heavy (non-hydrogen) atoms. The van der Waals surface area contributed by atoms with Gasteiger partial charge in [0, 0.05) is 32.4 Å². The van der Waals surface area contributed by atoms with Crippen LogP contribution in [-0.4, -0.2) is 38.8 Å². The first-order valence-corrected chi connectivity index (χ1v) is 6.93. The first-order chi connectivity index (χ1) is 9.27. The summed E-state index contributed by atoms with van der Waals surface area (Å²) in [6.07, 6.45) is 2.76. The highest BCUT2D eigenvalue weighted by molar-refractivity contribution is 5.80. The zero-order chi connectivity index (χ0) is 13.5. The molecule has 1 aromatic carbocycles. The van der Waals surface area contributed by atoms with E-state index in [-0.39, 0.29) is 12.0 Å². The Morgan fingerprint density at radius 1 is 1.37 bits per heavy atom. The number of nitrogens with one attached hydrogen (secondary N) is 1. The van der Waals surface area contributed by atoms with Crippen LogP contribution in [0, 0.1) is 0 Å². The molecule has 4 heteroatoms. The number of likely N-dealkylation sites (N-methyl/N-ethyl adjacent to an activating group) is 1. The normalized spacial score (nSPS) is 18.9. The predicted molar refractivity (Wildman–Crippen MR) is 76.3 cm³/mol. The molecule has 1 aliphatic rings. The highest BCUT2D eigenvalue weighted by atomic mass is 16.5. The Morgan fingerprint density at radius 3 is 2.84 bits per heavy atom. The van der Waals surface area contributed by atoms with Gasteiger partial charge in [0.15, 0.2) is 0 Å². The Hall–Kier alpha value is -1.55. The second-order valence-corrected chi connectivity index (χ2v) is 4.90. The van der Waals surface area contributed by atoms with Gasteiger partial charge in [-0.05, 0) is 31.4 Å². The average molecular weight is 262 g/mol. The van der Waals surface area contributed by atoms with Crippen LogP contribution in [0.25, 0.3) is 0 Å². The molecule has 104 valence electrons. The SMILES string of the molecule is CN(CCNC(=O)C1CCCCO1)c1ccccc1. The second-order valence-electron chi connectivity index (χ2n) is 4.90. The largest absolute Gasteiger partial charge is 0.373 e. The number of hydrogen-bond acceptors (Lipinski definition) is 3. The minimum absolute atomic E-state index is 0.0289. The van der Waals surface area contributed by atoms with Crippen molar-refractivity contribution in [3.63, 3.8) is 0 Å². The van der Waals surface area contributed by atoms with Crippen LogP contribution in [0.3, 0.4) is 0 Å². The fourth-order valence-corrected chi connectivity index (χ4v) is 2.22. The van der Waals surface area contributed by atoms with E-state index < -0.39 is 0 Å². The molecule has 1 unspecified atom stereocenters. The van der Waals surface area contributed by atoms with Gasteiger partial charge in [0.25, 0.3) is 0 Å². The van der Waals surface area contributed by atoms with Gasteiger partial charge < -0.3 is 15.0 Å². The third-order valence-corrected chi connectivity index (χ3v) is 3.42. The third kappa shape index (κ3) is 4.24. The van der Waals surface area contributed by atoms with E-state index in [9.17, 15) is 4.79 Å². The molecule has 1 N–H and O–H groups in total. The first-order valence-electron chi connectivity index (χ1n) is 6.93. The Labute approximate surface area is 114 Å². The molecule has 1 saturated heterocycles. The number of benzene rings is 1. The van der Waals surface area contributed by atoms with Crippen molar-refractivity contribution in [2.24, 2.45) is 0 Å². The molecule has 0 radical (unpaired) electrons. The van der Waals surface area contributed by atoms with Crippen molar-refractivity contribution < 1.29 is 9.53 Å². The molecule has 4 nitrogen and oxygen atoms in total. The van der Waals surface area contributed by atoms with Crippen LogP contribution in [-0.2, 0) is 9.53 Å². The molecule has 0 saturated carbocycles. The predicted octanol–water partition coefficient (Wildman–Crippen LogP) is 1.81. The maximum Gasteiger partial charge on any atom is 0.249 e. The summed E-state index contributed by atoms with van der Waals surface area (Å²) in [5, 5.41) is 2.95. The number of hydrogen-bond donors (Lipinski definition) is 1.